The zero-order chi connectivity index (χ0) is 41.5. The molecule has 0 aromatic heterocycles. The molecule has 310 valence electrons. The highest BCUT2D eigenvalue weighted by Gasteiger charge is 2.35. The summed E-state index contributed by atoms with van der Waals surface area (Å²) in [6, 6.07) is 12.1. The van der Waals surface area contributed by atoms with E-state index in [2.05, 4.69) is 132 Å². The summed E-state index contributed by atoms with van der Waals surface area (Å²) in [5, 5.41) is 2.74. The number of benzene rings is 3. The Kier molecular flexibility index (Phi) is 9.80. The molecule has 6 heterocycles. The van der Waals surface area contributed by atoms with E-state index in [0.717, 1.165) is 94.1 Å². The van der Waals surface area contributed by atoms with Crippen molar-refractivity contribution >= 4 is 22.4 Å². The van der Waals surface area contributed by atoms with Crippen LogP contribution in [-0.2, 0) is 25.7 Å². The van der Waals surface area contributed by atoms with Gasteiger partial charge in [0.25, 0.3) is 0 Å². The lowest BCUT2D eigenvalue weighted by atomic mass is 9.81. The van der Waals surface area contributed by atoms with E-state index in [9.17, 15) is 0 Å². The van der Waals surface area contributed by atoms with Crippen molar-refractivity contribution in [2.75, 3.05) is 31.1 Å². The Morgan fingerprint density at radius 1 is 0.633 bits per heavy atom. The van der Waals surface area contributed by atoms with Gasteiger partial charge in [-0.2, -0.15) is 0 Å². The van der Waals surface area contributed by atoms with E-state index in [-0.39, 0.29) is 10.8 Å². The highest BCUT2D eigenvalue weighted by molar-refractivity contribution is 5.89. The van der Waals surface area contributed by atoms with Crippen LogP contribution < -0.4 is 29.5 Å². The Hall–Kier alpha value is -4.83. The van der Waals surface area contributed by atoms with E-state index in [1.54, 1.807) is 0 Å². The molecule has 0 spiro atoms. The van der Waals surface area contributed by atoms with Crippen molar-refractivity contribution in [1.82, 2.24) is 4.58 Å². The van der Waals surface area contributed by atoms with Gasteiger partial charge in [-0.1, -0.05) is 95.2 Å². The molecule has 0 radical (unpaired) electrons. The van der Waals surface area contributed by atoms with E-state index in [4.69, 9.17) is 9.47 Å². The first kappa shape index (κ1) is 39.3. The van der Waals surface area contributed by atoms with E-state index in [0.29, 0.717) is 0 Å². The summed E-state index contributed by atoms with van der Waals surface area (Å²) >= 11 is 0. The predicted molar refractivity (Wildman–Crippen MR) is 250 cm³/mol. The number of rotatable bonds is 4. The number of hydrogen-bond acceptors (Lipinski definition) is 3. The van der Waals surface area contributed by atoms with Gasteiger partial charge < -0.3 is 14.4 Å². The smallest absolute Gasteiger partial charge is 0.210 e. The van der Waals surface area contributed by atoms with Gasteiger partial charge in [-0.05, 0) is 135 Å². The fourth-order valence-corrected chi connectivity index (χ4v) is 11.2. The summed E-state index contributed by atoms with van der Waals surface area (Å²) in [5.41, 5.74) is 19.1. The summed E-state index contributed by atoms with van der Waals surface area (Å²) in [5.74, 6) is 4.32. The first-order valence-corrected chi connectivity index (χ1v) is 23.3. The Bertz CT molecular complexity index is 2630. The molecule has 0 amide bonds. The number of anilines is 1. The molecule has 4 nitrogen and oxygen atoms in total. The quantitative estimate of drug-likeness (QED) is 0.246. The first-order chi connectivity index (χ1) is 28.8. The number of allylic oxidation sites excluding steroid dienone is 12. The third-order valence-electron chi connectivity index (χ3n) is 14.0. The van der Waals surface area contributed by atoms with Crippen LogP contribution in [0.4, 0.5) is 5.69 Å². The zero-order valence-electron chi connectivity index (χ0n) is 37.7. The molecule has 60 heavy (non-hydrogen) atoms. The molecule has 0 fully saturated rings. The highest BCUT2D eigenvalue weighted by atomic mass is 16.5. The molecule has 10 rings (SSSR count). The van der Waals surface area contributed by atoms with Crippen molar-refractivity contribution in [2.24, 2.45) is 10.8 Å². The fourth-order valence-electron chi connectivity index (χ4n) is 11.2. The summed E-state index contributed by atoms with van der Waals surface area (Å²) in [6.45, 7) is 22.8. The largest absolute Gasteiger partial charge is 0.460 e. The Balaban J connectivity index is 1.14. The van der Waals surface area contributed by atoms with Crippen LogP contribution in [0.5, 0.6) is 11.5 Å². The van der Waals surface area contributed by atoms with Gasteiger partial charge in [0.05, 0.1) is 5.56 Å². The molecule has 7 aliphatic rings. The average molecular weight is 798 g/mol. The van der Waals surface area contributed by atoms with Crippen LogP contribution in [0.1, 0.15) is 131 Å². The summed E-state index contributed by atoms with van der Waals surface area (Å²) in [7, 11) is 0. The Morgan fingerprint density at radius 2 is 1.32 bits per heavy atom. The second kappa shape index (κ2) is 15.0. The molecule has 0 atom stereocenters. The SMILES string of the molecule is Cc1cc(C)cc(C2=C(/C=C/C3=c4cc5c6c(c4OC(C(C)(C)C)=C3)CCC[N+]=6CCC5)CCC/C2=C\C=C2/C=C(C(C)(C)C)Oc3c2cc2c4c3CCCN4CCC2)c1. The molecule has 0 bridgehead atoms. The van der Waals surface area contributed by atoms with E-state index >= 15 is 0 Å². The Morgan fingerprint density at radius 3 is 2.08 bits per heavy atom. The summed E-state index contributed by atoms with van der Waals surface area (Å²) in [6.07, 6.45) is 27.0. The van der Waals surface area contributed by atoms with Gasteiger partial charge in [-0.25, -0.2) is 4.58 Å². The minimum absolute atomic E-state index is 0.105. The van der Waals surface area contributed by atoms with Crippen LogP contribution in [0.15, 0.2) is 89.5 Å². The highest BCUT2D eigenvalue weighted by Crippen LogP contribution is 2.49. The van der Waals surface area contributed by atoms with Crippen molar-refractivity contribution in [3.05, 3.63) is 145 Å². The summed E-state index contributed by atoms with van der Waals surface area (Å²) in [4.78, 5) is 2.63. The minimum Gasteiger partial charge on any atom is -0.460 e. The maximum atomic E-state index is 6.96. The van der Waals surface area contributed by atoms with Gasteiger partial charge in [0.1, 0.15) is 36.1 Å². The fraction of sp³-hybridized carbons (Fsp3) is 0.446. The minimum atomic E-state index is -0.105. The van der Waals surface area contributed by atoms with Crippen LogP contribution in [0.2, 0.25) is 0 Å². The number of nitrogens with zero attached hydrogens (tertiary/aromatic N) is 2. The van der Waals surface area contributed by atoms with Gasteiger partial charge in [0.15, 0.2) is 0 Å². The third-order valence-corrected chi connectivity index (χ3v) is 14.0. The monoisotopic (exact) mass is 798 g/mol. The second-order valence-corrected chi connectivity index (χ2v) is 20.8. The van der Waals surface area contributed by atoms with Crippen molar-refractivity contribution < 1.29 is 9.47 Å². The van der Waals surface area contributed by atoms with E-state index in [1.165, 1.54) is 114 Å². The van der Waals surface area contributed by atoms with Crippen LogP contribution >= 0.6 is 0 Å². The van der Waals surface area contributed by atoms with Gasteiger partial charge in [-0.3, -0.25) is 0 Å². The molecule has 1 aliphatic carbocycles. The molecule has 3 aromatic carbocycles. The standard InChI is InChI=1S/C56H65N2O2/c1-35-28-36(2)30-43(29-35)50-37(20-22-39-33-48(55(3,4)5)59-53-44-18-12-26-57-24-10-16-41(51(44)57)31-46(39)53)14-9-15-38(50)21-23-40-34-49(56(6,7)8)60-54-45-19-13-27-58-25-11-17-42(52(45)58)32-47(40)54/h20-23,28-34H,9-19,24-27H2,1-8H3/q+1. The second-order valence-electron chi connectivity index (χ2n) is 20.8. The molecular formula is C56H65N2O2+. The molecule has 0 unspecified atom stereocenters. The maximum absolute atomic E-state index is 6.96. The number of ether oxygens (including phenoxy) is 2. The zero-order valence-corrected chi connectivity index (χ0v) is 37.7. The van der Waals surface area contributed by atoms with Gasteiger partial charge in [0.2, 0.25) is 5.36 Å². The van der Waals surface area contributed by atoms with Crippen molar-refractivity contribution in [3.63, 3.8) is 0 Å². The maximum Gasteiger partial charge on any atom is 0.210 e. The van der Waals surface area contributed by atoms with Crippen molar-refractivity contribution in [3.8, 4) is 11.5 Å². The molecule has 6 aliphatic heterocycles. The lowest BCUT2D eigenvalue weighted by Gasteiger charge is -2.40. The van der Waals surface area contributed by atoms with Crippen LogP contribution in [0, 0.1) is 24.7 Å². The van der Waals surface area contributed by atoms with Crippen LogP contribution in [-0.4, -0.2) is 26.2 Å². The molecule has 3 aromatic rings. The van der Waals surface area contributed by atoms with Gasteiger partial charge in [0, 0.05) is 64.4 Å². The lowest BCUT2D eigenvalue weighted by molar-refractivity contribution is 0.286. The first-order valence-electron chi connectivity index (χ1n) is 23.3. The molecule has 4 heteroatoms. The topological polar surface area (TPSA) is 24.7 Å². The third kappa shape index (κ3) is 7.06. The van der Waals surface area contributed by atoms with Crippen LogP contribution in [0.25, 0.3) is 16.7 Å². The van der Waals surface area contributed by atoms with E-state index < -0.39 is 0 Å². The normalized spacial score (nSPS) is 21.3. The molecule has 0 N–H and O–H groups in total. The van der Waals surface area contributed by atoms with Crippen LogP contribution in [0.3, 0.4) is 0 Å². The molecular weight excluding hydrogens is 733 g/mol. The summed E-state index contributed by atoms with van der Waals surface area (Å²) < 4.78 is 16.5. The van der Waals surface area contributed by atoms with Crippen molar-refractivity contribution in [1.29, 1.82) is 0 Å². The van der Waals surface area contributed by atoms with Crippen molar-refractivity contribution in [2.45, 2.75) is 126 Å². The predicted octanol–water partition coefficient (Wildman–Crippen LogP) is 11.4. The lowest BCUT2D eigenvalue weighted by Crippen LogP contribution is -2.45. The number of fused-ring (bicyclic) bond motifs is 4. The molecule has 0 saturated carbocycles. The average Bonchev–Trinajstić information content (AvgIpc) is 3.21. The van der Waals surface area contributed by atoms with E-state index in [1.807, 2.05) is 0 Å². The Labute approximate surface area is 359 Å². The molecule has 0 saturated heterocycles. The number of hydrogen-bond donors (Lipinski definition) is 0. The number of aryl methyl sites for hydroxylation is 4. The van der Waals surface area contributed by atoms with Gasteiger partial charge in [-0.15, -0.1) is 0 Å². The van der Waals surface area contributed by atoms with Gasteiger partial charge >= 0.3 is 0 Å².